The molecular formula is C21H13F5O. The quantitative estimate of drug-likeness (QED) is 0.395. The summed E-state index contributed by atoms with van der Waals surface area (Å²) in [6.45, 7) is 2.04. The van der Waals surface area contributed by atoms with E-state index in [2.05, 4.69) is 16.6 Å². The van der Waals surface area contributed by atoms with Gasteiger partial charge in [0.25, 0.3) is 0 Å². The first-order valence-corrected chi connectivity index (χ1v) is 8.05. The van der Waals surface area contributed by atoms with Gasteiger partial charge in [-0.2, -0.15) is 0 Å². The van der Waals surface area contributed by atoms with Gasteiger partial charge in [0.05, 0.1) is 0 Å². The van der Waals surface area contributed by atoms with E-state index in [0.29, 0.717) is 5.56 Å². The molecule has 3 aromatic rings. The normalized spacial score (nSPS) is 11.2. The van der Waals surface area contributed by atoms with Gasteiger partial charge in [-0.25, -0.2) is 8.78 Å². The molecule has 3 rings (SSSR count). The molecule has 0 aliphatic rings. The van der Waals surface area contributed by atoms with Crippen molar-refractivity contribution in [1.29, 1.82) is 0 Å². The Kier molecular flexibility index (Phi) is 5.04. The lowest BCUT2D eigenvalue weighted by atomic mass is 10.1. The molecule has 0 heterocycles. The lowest BCUT2D eigenvalue weighted by Crippen LogP contribution is -2.19. The predicted octanol–water partition coefficient (Wildman–Crippen LogP) is 5.98. The van der Waals surface area contributed by atoms with Gasteiger partial charge in [0, 0.05) is 16.5 Å². The lowest BCUT2D eigenvalue weighted by molar-refractivity contribution is -0.276. The second-order valence-corrected chi connectivity index (χ2v) is 5.79. The summed E-state index contributed by atoms with van der Waals surface area (Å²) in [5.74, 6) is 1.51. The molecule has 0 N–H and O–H groups in total. The molecule has 0 aliphatic heterocycles. The third-order valence-electron chi connectivity index (χ3n) is 3.92. The molecule has 0 unspecified atom stereocenters. The second-order valence-electron chi connectivity index (χ2n) is 5.79. The highest BCUT2D eigenvalue weighted by Gasteiger charge is 2.34. The predicted molar refractivity (Wildman–Crippen MR) is 92.3 cm³/mol. The number of halogens is 5. The number of hydrogen-bond acceptors (Lipinski definition) is 1. The Morgan fingerprint density at radius 1 is 0.889 bits per heavy atom. The van der Waals surface area contributed by atoms with Crippen molar-refractivity contribution in [2.45, 2.75) is 19.7 Å². The smallest absolute Gasteiger partial charge is 0.399 e. The van der Waals surface area contributed by atoms with Crippen LogP contribution in [0.5, 0.6) is 5.75 Å². The van der Waals surface area contributed by atoms with Gasteiger partial charge < -0.3 is 4.74 Å². The third kappa shape index (κ3) is 4.37. The van der Waals surface area contributed by atoms with E-state index in [4.69, 9.17) is 0 Å². The maximum atomic E-state index is 14.2. The SMILES string of the molecule is CCc1ccc(C#Cc2ccc3c(F)c(OC(F)(F)F)c(F)cc3c2)cc1. The third-order valence-corrected chi connectivity index (χ3v) is 3.92. The highest BCUT2D eigenvalue weighted by molar-refractivity contribution is 5.86. The van der Waals surface area contributed by atoms with Crippen molar-refractivity contribution in [2.24, 2.45) is 0 Å². The summed E-state index contributed by atoms with van der Waals surface area (Å²) in [5, 5.41) is -0.0962. The Morgan fingerprint density at radius 2 is 1.52 bits per heavy atom. The number of fused-ring (bicyclic) bond motifs is 1. The van der Waals surface area contributed by atoms with Gasteiger partial charge >= 0.3 is 6.36 Å². The van der Waals surface area contributed by atoms with Gasteiger partial charge in [0.2, 0.25) is 5.75 Å². The molecule has 0 spiro atoms. The first-order chi connectivity index (χ1) is 12.8. The van der Waals surface area contributed by atoms with Crippen molar-refractivity contribution in [2.75, 3.05) is 0 Å². The molecule has 0 aromatic heterocycles. The molecule has 1 nitrogen and oxygen atoms in total. The molecule has 0 atom stereocenters. The number of aryl methyl sites for hydroxylation is 1. The van der Waals surface area contributed by atoms with Gasteiger partial charge in [0.15, 0.2) is 11.6 Å². The zero-order valence-corrected chi connectivity index (χ0v) is 14.1. The van der Waals surface area contributed by atoms with Crippen molar-refractivity contribution in [3.05, 3.63) is 76.9 Å². The van der Waals surface area contributed by atoms with Gasteiger partial charge in [-0.3, -0.25) is 0 Å². The van der Waals surface area contributed by atoms with Crippen molar-refractivity contribution in [3.63, 3.8) is 0 Å². The molecule has 27 heavy (non-hydrogen) atoms. The first kappa shape index (κ1) is 18.7. The molecule has 0 amide bonds. The van der Waals surface area contributed by atoms with Crippen LogP contribution in [0.1, 0.15) is 23.6 Å². The van der Waals surface area contributed by atoms with Crippen molar-refractivity contribution < 1.29 is 26.7 Å². The minimum atomic E-state index is -5.19. The summed E-state index contributed by atoms with van der Waals surface area (Å²) < 4.78 is 68.4. The summed E-state index contributed by atoms with van der Waals surface area (Å²) in [5.41, 5.74) is 2.43. The van der Waals surface area contributed by atoms with E-state index in [0.717, 1.165) is 18.1 Å². The number of alkyl halides is 3. The van der Waals surface area contributed by atoms with Crippen LogP contribution in [0.15, 0.2) is 48.5 Å². The molecule has 0 aliphatic carbocycles. The molecule has 0 fully saturated rings. The van der Waals surface area contributed by atoms with Crippen molar-refractivity contribution in [3.8, 4) is 17.6 Å². The summed E-state index contributed by atoms with van der Waals surface area (Å²) in [4.78, 5) is 0. The van der Waals surface area contributed by atoms with E-state index in [-0.39, 0.29) is 10.8 Å². The van der Waals surface area contributed by atoms with Crippen LogP contribution in [0.3, 0.4) is 0 Å². The Hall–Kier alpha value is -3.07. The fourth-order valence-corrected chi connectivity index (χ4v) is 2.57. The van der Waals surface area contributed by atoms with E-state index >= 15 is 0 Å². The number of benzene rings is 3. The maximum absolute atomic E-state index is 14.2. The second kappa shape index (κ2) is 7.28. The van der Waals surface area contributed by atoms with Crippen LogP contribution in [0.4, 0.5) is 22.0 Å². The molecule has 0 radical (unpaired) electrons. The Morgan fingerprint density at radius 3 is 2.15 bits per heavy atom. The summed E-state index contributed by atoms with van der Waals surface area (Å²) >= 11 is 0. The van der Waals surface area contributed by atoms with Crippen molar-refractivity contribution >= 4 is 10.8 Å². The van der Waals surface area contributed by atoms with E-state index in [1.165, 1.54) is 23.8 Å². The van der Waals surface area contributed by atoms with Gasteiger partial charge in [-0.05, 0) is 47.7 Å². The van der Waals surface area contributed by atoms with Crippen LogP contribution >= 0.6 is 0 Å². The number of rotatable bonds is 2. The topological polar surface area (TPSA) is 9.23 Å². The van der Waals surface area contributed by atoms with Gasteiger partial charge in [0.1, 0.15) is 0 Å². The average molecular weight is 376 g/mol. The van der Waals surface area contributed by atoms with E-state index < -0.39 is 23.7 Å². The molecule has 0 bridgehead atoms. The highest BCUT2D eigenvalue weighted by atomic mass is 19.4. The van der Waals surface area contributed by atoms with Crippen LogP contribution in [0.2, 0.25) is 0 Å². The monoisotopic (exact) mass is 376 g/mol. The van der Waals surface area contributed by atoms with Crippen LogP contribution in [0, 0.1) is 23.5 Å². The molecule has 3 aromatic carbocycles. The van der Waals surface area contributed by atoms with Crippen molar-refractivity contribution in [1.82, 2.24) is 0 Å². The van der Waals surface area contributed by atoms with Crippen LogP contribution in [-0.2, 0) is 6.42 Å². The minimum absolute atomic E-state index is 0.0904. The summed E-state index contributed by atoms with van der Waals surface area (Å²) in [6.07, 6.45) is -4.27. The molecule has 0 saturated heterocycles. The van der Waals surface area contributed by atoms with E-state index in [1.807, 2.05) is 31.2 Å². The zero-order valence-electron chi connectivity index (χ0n) is 14.1. The maximum Gasteiger partial charge on any atom is 0.573 e. The van der Waals surface area contributed by atoms with E-state index in [1.54, 1.807) is 0 Å². The van der Waals surface area contributed by atoms with Crippen LogP contribution in [0.25, 0.3) is 10.8 Å². The van der Waals surface area contributed by atoms with Crippen LogP contribution < -0.4 is 4.74 Å². The Labute approximate surface area is 152 Å². The molecule has 138 valence electrons. The average Bonchev–Trinajstić information content (AvgIpc) is 2.63. The van der Waals surface area contributed by atoms with Crippen LogP contribution in [-0.4, -0.2) is 6.36 Å². The highest BCUT2D eigenvalue weighted by Crippen LogP contribution is 2.33. The largest absolute Gasteiger partial charge is 0.573 e. The standard InChI is InChI=1S/C21H13F5O/c1-2-13-3-5-14(6-4-13)7-8-15-9-10-17-16(11-15)12-18(22)20(19(17)23)27-21(24,25)26/h3-6,9-12H,2H2,1H3. The molecule has 6 heteroatoms. The number of ether oxygens (including phenoxy) is 1. The van der Waals surface area contributed by atoms with Gasteiger partial charge in [-0.1, -0.05) is 37.0 Å². The van der Waals surface area contributed by atoms with Gasteiger partial charge in [-0.15, -0.1) is 13.2 Å². The fraction of sp³-hybridized carbons (Fsp3) is 0.143. The molecular weight excluding hydrogens is 363 g/mol. The lowest BCUT2D eigenvalue weighted by Gasteiger charge is -2.12. The Balaban J connectivity index is 1.96. The van der Waals surface area contributed by atoms with E-state index in [9.17, 15) is 22.0 Å². The summed E-state index contributed by atoms with van der Waals surface area (Å²) in [6, 6.07) is 12.5. The Bertz CT molecular complexity index is 1040. The minimum Gasteiger partial charge on any atom is -0.399 e. The first-order valence-electron chi connectivity index (χ1n) is 8.05. The summed E-state index contributed by atoms with van der Waals surface area (Å²) in [7, 11) is 0. The number of hydrogen-bond donors (Lipinski definition) is 0. The molecule has 0 saturated carbocycles. The fourth-order valence-electron chi connectivity index (χ4n) is 2.57. The zero-order chi connectivity index (χ0) is 19.6.